The molecule has 2 aromatic carbocycles. The van der Waals surface area contributed by atoms with Gasteiger partial charge in [-0.2, -0.15) is 8.42 Å². The molecule has 3 rings (SSSR count). The third kappa shape index (κ3) is 5.68. The maximum Gasteiger partial charge on any atom is 0.408 e. The highest BCUT2D eigenvalue weighted by Gasteiger charge is 2.51. The summed E-state index contributed by atoms with van der Waals surface area (Å²) in [6.45, 7) is 0.00137. The number of nitrogens with zero attached hydrogens (tertiary/aromatic N) is 1. The van der Waals surface area contributed by atoms with E-state index in [0.29, 0.717) is 17.1 Å². The van der Waals surface area contributed by atoms with E-state index in [2.05, 4.69) is 5.32 Å². The van der Waals surface area contributed by atoms with E-state index in [4.69, 9.17) is 18.4 Å². The molecule has 2 amide bonds. The van der Waals surface area contributed by atoms with E-state index >= 15 is 0 Å². The van der Waals surface area contributed by atoms with Crippen LogP contribution in [0.2, 0.25) is 0 Å². The minimum absolute atomic E-state index is 0.00204. The third-order valence-electron chi connectivity index (χ3n) is 4.74. The summed E-state index contributed by atoms with van der Waals surface area (Å²) in [6, 6.07) is 12.8. The standard InChI is InChI=1S/C21H24N2O8S/c1-28-16-10-9-15(17(11-16)29-2)12-23-19(24)18(20(23)31-32(3,26)27)22-21(25)30-13-14-7-5-4-6-8-14/h4-11,18,20H,12-13H2,1-3H3,(H,22,25)/t18-,20+/m1/s1. The predicted molar refractivity (Wildman–Crippen MR) is 113 cm³/mol. The van der Waals surface area contributed by atoms with Gasteiger partial charge in [-0.25, -0.2) is 8.98 Å². The van der Waals surface area contributed by atoms with Gasteiger partial charge in [0, 0.05) is 11.6 Å². The number of β-lactam (4-membered cyclic amide) rings is 1. The number of nitrogens with one attached hydrogen (secondary N) is 1. The van der Waals surface area contributed by atoms with Gasteiger partial charge in [-0.15, -0.1) is 0 Å². The van der Waals surface area contributed by atoms with Gasteiger partial charge in [-0.05, 0) is 17.7 Å². The Labute approximate surface area is 186 Å². The number of likely N-dealkylation sites (tertiary alicyclic amines) is 1. The maximum absolute atomic E-state index is 12.7. The van der Waals surface area contributed by atoms with E-state index in [1.807, 2.05) is 6.07 Å². The number of carbonyl (C=O) groups excluding carboxylic acids is 2. The van der Waals surface area contributed by atoms with Crippen LogP contribution in [0.1, 0.15) is 11.1 Å². The van der Waals surface area contributed by atoms with Crippen molar-refractivity contribution in [1.29, 1.82) is 0 Å². The van der Waals surface area contributed by atoms with E-state index < -0.39 is 34.4 Å². The molecule has 0 bridgehead atoms. The lowest BCUT2D eigenvalue weighted by Gasteiger charge is -2.45. The van der Waals surface area contributed by atoms with Crippen molar-refractivity contribution in [3.63, 3.8) is 0 Å². The van der Waals surface area contributed by atoms with Crippen LogP contribution in [0.3, 0.4) is 0 Å². The molecule has 0 unspecified atom stereocenters. The second-order valence-corrected chi connectivity index (χ2v) is 8.62. The number of amides is 2. The first-order valence-corrected chi connectivity index (χ1v) is 11.4. The molecule has 1 saturated heterocycles. The molecule has 0 aliphatic carbocycles. The predicted octanol–water partition coefficient (Wildman–Crippen LogP) is 1.64. The molecule has 32 heavy (non-hydrogen) atoms. The van der Waals surface area contributed by atoms with Crippen molar-refractivity contribution in [2.45, 2.75) is 25.4 Å². The molecular weight excluding hydrogens is 440 g/mol. The molecule has 172 valence electrons. The monoisotopic (exact) mass is 464 g/mol. The first-order valence-electron chi connectivity index (χ1n) is 9.58. The molecule has 1 fully saturated rings. The molecule has 0 aromatic heterocycles. The van der Waals surface area contributed by atoms with Crippen LogP contribution in [0.15, 0.2) is 48.5 Å². The summed E-state index contributed by atoms with van der Waals surface area (Å²) >= 11 is 0. The van der Waals surface area contributed by atoms with Crippen molar-refractivity contribution in [3.05, 3.63) is 59.7 Å². The Balaban J connectivity index is 1.70. The largest absolute Gasteiger partial charge is 0.497 e. The number of ether oxygens (including phenoxy) is 3. The van der Waals surface area contributed by atoms with Gasteiger partial charge in [0.25, 0.3) is 16.0 Å². The van der Waals surface area contributed by atoms with Crippen LogP contribution in [-0.4, -0.2) is 58.1 Å². The van der Waals surface area contributed by atoms with E-state index in [1.54, 1.807) is 42.5 Å². The number of rotatable bonds is 9. The van der Waals surface area contributed by atoms with Gasteiger partial charge in [0.05, 0.1) is 27.0 Å². The summed E-state index contributed by atoms with van der Waals surface area (Å²) in [5.74, 6) is 0.493. The summed E-state index contributed by atoms with van der Waals surface area (Å²) in [6.07, 6.45) is -1.23. The molecule has 2 atom stereocenters. The zero-order chi connectivity index (χ0) is 23.3. The molecule has 0 radical (unpaired) electrons. The number of benzene rings is 2. The summed E-state index contributed by atoms with van der Waals surface area (Å²) < 4.78 is 44.1. The quantitative estimate of drug-likeness (QED) is 0.439. The molecule has 1 aliphatic heterocycles. The van der Waals surface area contributed by atoms with Crippen LogP contribution < -0.4 is 14.8 Å². The average Bonchev–Trinajstić information content (AvgIpc) is 2.78. The number of hydrogen-bond acceptors (Lipinski definition) is 8. The van der Waals surface area contributed by atoms with Crippen molar-refractivity contribution in [2.24, 2.45) is 0 Å². The minimum Gasteiger partial charge on any atom is -0.497 e. The lowest BCUT2D eigenvalue weighted by molar-refractivity contribution is -0.168. The first kappa shape index (κ1) is 23.4. The lowest BCUT2D eigenvalue weighted by Crippen LogP contribution is -2.71. The Morgan fingerprint density at radius 1 is 1.09 bits per heavy atom. The Morgan fingerprint density at radius 3 is 2.44 bits per heavy atom. The zero-order valence-corrected chi connectivity index (χ0v) is 18.6. The van der Waals surface area contributed by atoms with Crippen LogP contribution in [0.4, 0.5) is 4.79 Å². The van der Waals surface area contributed by atoms with Crippen LogP contribution in [0, 0.1) is 0 Å². The van der Waals surface area contributed by atoms with Crippen molar-refractivity contribution < 1.29 is 36.4 Å². The molecule has 11 heteroatoms. The fourth-order valence-electron chi connectivity index (χ4n) is 3.17. The van der Waals surface area contributed by atoms with Gasteiger partial charge < -0.3 is 24.4 Å². The Kier molecular flexibility index (Phi) is 7.21. The molecule has 1 heterocycles. The molecule has 1 aliphatic rings. The normalized spacial score (nSPS) is 18.0. The van der Waals surface area contributed by atoms with E-state index in [1.165, 1.54) is 19.1 Å². The van der Waals surface area contributed by atoms with Gasteiger partial charge in [0.15, 0.2) is 12.3 Å². The van der Waals surface area contributed by atoms with E-state index in [-0.39, 0.29) is 13.2 Å². The number of carbonyl (C=O) groups is 2. The van der Waals surface area contributed by atoms with E-state index in [0.717, 1.165) is 11.8 Å². The molecule has 10 nitrogen and oxygen atoms in total. The van der Waals surface area contributed by atoms with Crippen LogP contribution in [0.5, 0.6) is 11.5 Å². The van der Waals surface area contributed by atoms with Gasteiger partial charge in [-0.1, -0.05) is 30.3 Å². The van der Waals surface area contributed by atoms with E-state index in [9.17, 15) is 18.0 Å². The van der Waals surface area contributed by atoms with Crippen molar-refractivity contribution in [2.75, 3.05) is 20.5 Å². The van der Waals surface area contributed by atoms with Gasteiger partial charge in [0.2, 0.25) is 0 Å². The summed E-state index contributed by atoms with van der Waals surface area (Å²) in [4.78, 5) is 26.1. The van der Waals surface area contributed by atoms with Crippen LogP contribution in [-0.2, 0) is 37.0 Å². The van der Waals surface area contributed by atoms with Crippen LogP contribution in [0.25, 0.3) is 0 Å². The highest BCUT2D eigenvalue weighted by Crippen LogP contribution is 2.31. The average molecular weight is 464 g/mol. The molecular formula is C21H24N2O8S. The Bertz CT molecular complexity index is 1070. The second-order valence-electron chi connectivity index (χ2n) is 7.02. The van der Waals surface area contributed by atoms with Crippen molar-refractivity contribution in [1.82, 2.24) is 10.2 Å². The Hall–Kier alpha value is -3.31. The van der Waals surface area contributed by atoms with Gasteiger partial charge in [0.1, 0.15) is 18.1 Å². The highest BCUT2D eigenvalue weighted by molar-refractivity contribution is 7.86. The number of alkyl carbamates (subject to hydrolysis) is 1. The maximum atomic E-state index is 12.7. The number of hydrogen-bond donors (Lipinski definition) is 1. The highest BCUT2D eigenvalue weighted by atomic mass is 32.2. The smallest absolute Gasteiger partial charge is 0.408 e. The zero-order valence-electron chi connectivity index (χ0n) is 17.8. The lowest BCUT2D eigenvalue weighted by atomic mass is 10.0. The fourth-order valence-corrected chi connectivity index (χ4v) is 3.74. The SMILES string of the molecule is COc1ccc(CN2C(=O)[C@@H](NC(=O)OCc3ccccc3)[C@@H]2OS(C)(=O)=O)c(OC)c1. The molecule has 2 aromatic rings. The third-order valence-corrected chi connectivity index (χ3v) is 5.28. The second kappa shape index (κ2) is 9.88. The molecule has 0 saturated carbocycles. The van der Waals surface area contributed by atoms with Gasteiger partial charge >= 0.3 is 6.09 Å². The van der Waals surface area contributed by atoms with Crippen molar-refractivity contribution >= 4 is 22.1 Å². The molecule has 0 spiro atoms. The number of methoxy groups -OCH3 is 2. The molecule has 1 N–H and O–H groups in total. The van der Waals surface area contributed by atoms with Crippen LogP contribution >= 0.6 is 0 Å². The first-order chi connectivity index (χ1) is 15.2. The van der Waals surface area contributed by atoms with Gasteiger partial charge in [-0.3, -0.25) is 4.79 Å². The van der Waals surface area contributed by atoms with Crippen molar-refractivity contribution in [3.8, 4) is 11.5 Å². The summed E-state index contributed by atoms with van der Waals surface area (Å²) in [5.41, 5.74) is 1.37. The summed E-state index contributed by atoms with van der Waals surface area (Å²) in [7, 11) is -0.944. The Morgan fingerprint density at radius 2 is 1.81 bits per heavy atom. The minimum atomic E-state index is -3.92. The topological polar surface area (TPSA) is 120 Å². The summed E-state index contributed by atoms with van der Waals surface area (Å²) in [5, 5.41) is 2.38. The fraction of sp³-hybridized carbons (Fsp3) is 0.333.